The van der Waals surface area contributed by atoms with E-state index >= 15 is 0 Å². The molecule has 0 saturated carbocycles. The first-order valence-corrected chi connectivity index (χ1v) is 7.46. The van der Waals surface area contributed by atoms with Crippen molar-refractivity contribution < 1.29 is 14.4 Å². The zero-order valence-corrected chi connectivity index (χ0v) is 12.9. The van der Waals surface area contributed by atoms with E-state index in [9.17, 15) is 14.4 Å². The van der Waals surface area contributed by atoms with Crippen LogP contribution in [0.25, 0.3) is 0 Å². The first-order valence-electron chi connectivity index (χ1n) is 7.46. The van der Waals surface area contributed by atoms with Crippen molar-refractivity contribution in [3.05, 3.63) is 6.54 Å². The molecule has 0 aromatic heterocycles. The minimum atomic E-state index is -0.358. The number of piperidine rings is 1. The van der Waals surface area contributed by atoms with E-state index in [4.69, 9.17) is 0 Å². The van der Waals surface area contributed by atoms with Crippen LogP contribution in [0.5, 0.6) is 0 Å². The van der Waals surface area contributed by atoms with Crippen molar-refractivity contribution >= 4 is 17.7 Å². The van der Waals surface area contributed by atoms with Crippen LogP contribution in [0.3, 0.4) is 0 Å². The molecule has 1 radical (unpaired) electrons. The molecular formula is C14H25N4O3. The monoisotopic (exact) mass is 297 g/mol. The first kappa shape index (κ1) is 17.4. The van der Waals surface area contributed by atoms with Crippen LogP contribution in [0, 0.1) is 6.54 Å². The normalized spacial score (nSPS) is 25.0. The van der Waals surface area contributed by atoms with Gasteiger partial charge in [-0.3, -0.25) is 14.4 Å². The van der Waals surface area contributed by atoms with Gasteiger partial charge in [0.05, 0.1) is 18.1 Å². The number of amides is 3. The zero-order chi connectivity index (χ0) is 15.8. The molecular weight excluding hydrogens is 272 g/mol. The molecule has 3 amide bonds. The third-order valence-corrected chi connectivity index (χ3v) is 3.42. The van der Waals surface area contributed by atoms with Crippen LogP contribution in [0.1, 0.15) is 40.0 Å². The van der Waals surface area contributed by atoms with Gasteiger partial charge in [-0.05, 0) is 0 Å². The fourth-order valence-electron chi connectivity index (χ4n) is 2.15. The number of nitrogens with one attached hydrogen (secondary N) is 4. The lowest BCUT2D eigenvalue weighted by molar-refractivity contribution is -0.125. The van der Waals surface area contributed by atoms with Crippen LogP contribution in [0.2, 0.25) is 0 Å². The lowest BCUT2D eigenvalue weighted by Crippen LogP contribution is -2.68. The maximum Gasteiger partial charge on any atom is 0.220 e. The molecule has 1 rings (SSSR count). The highest BCUT2D eigenvalue weighted by molar-refractivity contribution is 5.79. The highest BCUT2D eigenvalue weighted by atomic mass is 16.2. The molecule has 1 heterocycles. The molecule has 119 valence electrons. The third-order valence-electron chi connectivity index (χ3n) is 3.42. The van der Waals surface area contributed by atoms with Crippen LogP contribution >= 0.6 is 0 Å². The Labute approximate surface area is 125 Å². The maximum atomic E-state index is 11.7. The van der Waals surface area contributed by atoms with E-state index in [0.717, 1.165) is 0 Å². The summed E-state index contributed by atoms with van der Waals surface area (Å²) in [6.07, 6.45) is 1.10. The predicted molar refractivity (Wildman–Crippen MR) is 79.0 cm³/mol. The second-order valence-electron chi connectivity index (χ2n) is 5.00. The fourth-order valence-corrected chi connectivity index (χ4v) is 2.15. The van der Waals surface area contributed by atoms with E-state index in [1.54, 1.807) is 27.3 Å². The molecule has 7 heteroatoms. The molecule has 0 aromatic carbocycles. The highest BCUT2D eigenvalue weighted by Crippen LogP contribution is 2.09. The topological polar surface area (TPSA) is 99.3 Å². The molecule has 1 saturated heterocycles. The Balaban J connectivity index is 2.81. The van der Waals surface area contributed by atoms with Gasteiger partial charge < -0.3 is 21.3 Å². The van der Waals surface area contributed by atoms with Crippen LogP contribution in [0.15, 0.2) is 0 Å². The number of carbonyl (C=O) groups is 3. The fraction of sp³-hybridized carbons (Fsp3) is 0.714. The van der Waals surface area contributed by atoms with Crippen LogP contribution in [-0.2, 0) is 14.4 Å². The van der Waals surface area contributed by atoms with E-state index in [0.29, 0.717) is 25.8 Å². The van der Waals surface area contributed by atoms with Gasteiger partial charge in [-0.25, -0.2) is 0 Å². The molecule has 1 aliphatic heterocycles. The molecule has 3 atom stereocenters. The quantitative estimate of drug-likeness (QED) is 0.528. The summed E-state index contributed by atoms with van der Waals surface area (Å²) in [6, 6.07) is -0.978. The average molecular weight is 297 g/mol. The molecule has 0 aromatic rings. The van der Waals surface area contributed by atoms with E-state index in [1.807, 2.05) is 0 Å². The van der Waals surface area contributed by atoms with Gasteiger partial charge >= 0.3 is 0 Å². The maximum absolute atomic E-state index is 11.7. The highest BCUT2D eigenvalue weighted by Gasteiger charge is 2.35. The van der Waals surface area contributed by atoms with Gasteiger partial charge in [0.15, 0.2) is 0 Å². The van der Waals surface area contributed by atoms with Crippen molar-refractivity contribution in [2.45, 2.75) is 58.2 Å². The minimum absolute atomic E-state index is 0.0833. The largest absolute Gasteiger partial charge is 0.350 e. The van der Waals surface area contributed by atoms with Gasteiger partial charge in [0.2, 0.25) is 17.7 Å². The average Bonchev–Trinajstić information content (AvgIpc) is 2.49. The van der Waals surface area contributed by atoms with Crippen molar-refractivity contribution in [1.82, 2.24) is 21.3 Å². The van der Waals surface area contributed by atoms with Crippen molar-refractivity contribution in [1.29, 1.82) is 0 Å². The van der Waals surface area contributed by atoms with Gasteiger partial charge in [0.1, 0.15) is 0 Å². The summed E-state index contributed by atoms with van der Waals surface area (Å²) < 4.78 is 0. The Bertz CT molecular complexity index is 360. The van der Waals surface area contributed by atoms with Gasteiger partial charge in [-0.1, -0.05) is 20.8 Å². The summed E-state index contributed by atoms with van der Waals surface area (Å²) >= 11 is 0. The van der Waals surface area contributed by atoms with Gasteiger partial charge in [0.25, 0.3) is 0 Å². The van der Waals surface area contributed by atoms with Crippen molar-refractivity contribution in [2.24, 2.45) is 0 Å². The Morgan fingerprint density at radius 2 is 1.48 bits per heavy atom. The summed E-state index contributed by atoms with van der Waals surface area (Å²) in [6.45, 7) is 7.57. The predicted octanol–water partition coefficient (Wildman–Crippen LogP) is -0.564. The van der Waals surface area contributed by atoms with Gasteiger partial charge in [-0.2, -0.15) is 0 Å². The second-order valence-corrected chi connectivity index (χ2v) is 5.00. The number of hydrogen-bond acceptors (Lipinski definition) is 4. The van der Waals surface area contributed by atoms with E-state index < -0.39 is 0 Å². The molecule has 7 nitrogen and oxygen atoms in total. The summed E-state index contributed by atoms with van der Waals surface area (Å²) in [5.41, 5.74) is 0. The van der Waals surface area contributed by atoms with Gasteiger partial charge in [0, 0.05) is 32.4 Å². The lowest BCUT2D eigenvalue weighted by Gasteiger charge is -2.39. The van der Waals surface area contributed by atoms with E-state index in [2.05, 4.69) is 21.3 Å². The van der Waals surface area contributed by atoms with Crippen LogP contribution in [0.4, 0.5) is 0 Å². The lowest BCUT2D eigenvalue weighted by atomic mass is 9.94. The third kappa shape index (κ3) is 5.34. The number of carbonyl (C=O) groups excluding carboxylic acids is 3. The standard InChI is InChI=1S/C14H25N4O3/c1-4-11(19)16-9-7-15-8-10(17-12(20)5-2)14(9)18-13(21)6-3/h7,9-10,14-15H,4-6,8H2,1-3H3,(H,16,19)(H,17,20)(H,18,21). The van der Waals surface area contributed by atoms with Crippen molar-refractivity contribution in [2.75, 3.05) is 6.54 Å². The van der Waals surface area contributed by atoms with E-state index in [1.165, 1.54) is 0 Å². The number of hydrogen-bond donors (Lipinski definition) is 4. The summed E-state index contributed by atoms with van der Waals surface area (Å²) in [5, 5.41) is 11.7. The number of rotatable bonds is 6. The van der Waals surface area contributed by atoms with Crippen molar-refractivity contribution in [3.63, 3.8) is 0 Å². The van der Waals surface area contributed by atoms with Crippen LogP contribution < -0.4 is 21.3 Å². The molecule has 21 heavy (non-hydrogen) atoms. The second kappa shape index (κ2) is 8.61. The molecule has 4 N–H and O–H groups in total. The Morgan fingerprint density at radius 1 is 0.952 bits per heavy atom. The Morgan fingerprint density at radius 3 is 2.05 bits per heavy atom. The first-order chi connectivity index (χ1) is 10.0. The summed E-state index contributed by atoms with van der Waals surface area (Å²) in [5.74, 6) is -0.293. The zero-order valence-electron chi connectivity index (χ0n) is 12.9. The van der Waals surface area contributed by atoms with E-state index in [-0.39, 0.29) is 35.8 Å². The summed E-state index contributed by atoms with van der Waals surface area (Å²) in [4.78, 5) is 34.9. The molecule has 0 spiro atoms. The minimum Gasteiger partial charge on any atom is -0.350 e. The van der Waals surface area contributed by atoms with Crippen LogP contribution in [-0.4, -0.2) is 42.4 Å². The Kier molecular flexibility index (Phi) is 7.14. The smallest absolute Gasteiger partial charge is 0.220 e. The molecule has 0 aliphatic carbocycles. The Hall–Kier alpha value is -1.63. The molecule has 1 aliphatic rings. The van der Waals surface area contributed by atoms with Crippen molar-refractivity contribution in [3.8, 4) is 0 Å². The SMILES string of the molecule is CCC(=O)NC1[CH]NCC(NC(=O)CC)C1NC(=O)CC. The molecule has 3 unspecified atom stereocenters. The molecule has 1 fully saturated rings. The summed E-state index contributed by atoms with van der Waals surface area (Å²) in [7, 11) is 0. The molecule has 0 bridgehead atoms. The van der Waals surface area contributed by atoms with Gasteiger partial charge in [-0.15, -0.1) is 0 Å².